The van der Waals surface area contributed by atoms with Gasteiger partial charge in [-0.25, -0.2) is 0 Å². The first-order valence-corrected chi connectivity index (χ1v) is 6.46. The van der Waals surface area contributed by atoms with Gasteiger partial charge in [0.15, 0.2) is 0 Å². The molecule has 106 valence electrons. The number of hydrogen-bond acceptors (Lipinski definition) is 4. The largest absolute Gasteiger partial charge is 0.506 e. The minimum atomic E-state index is -0.148. The average Bonchev–Trinajstić information content (AvgIpc) is 2.94. The molecule has 2 aromatic heterocycles. The zero-order valence-corrected chi connectivity index (χ0v) is 11.1. The molecule has 0 aliphatic rings. The third-order valence-electron chi connectivity index (χ3n) is 3.07. The van der Waals surface area contributed by atoms with Crippen LogP contribution < -0.4 is 10.9 Å². The van der Waals surface area contributed by atoms with Crippen molar-refractivity contribution >= 4 is 5.69 Å². The lowest BCUT2D eigenvalue weighted by Gasteiger charge is -2.06. The van der Waals surface area contributed by atoms with Crippen molar-refractivity contribution in [2.45, 2.75) is 6.54 Å². The molecular formula is C15H14N4O2. The highest BCUT2D eigenvalue weighted by Gasteiger charge is 2.01. The van der Waals surface area contributed by atoms with E-state index in [1.54, 1.807) is 12.1 Å². The fourth-order valence-corrected chi connectivity index (χ4v) is 1.97. The van der Waals surface area contributed by atoms with Gasteiger partial charge in [0, 0.05) is 11.8 Å². The van der Waals surface area contributed by atoms with Gasteiger partial charge in [-0.2, -0.15) is 0 Å². The van der Waals surface area contributed by atoms with Gasteiger partial charge in [0.05, 0.1) is 24.1 Å². The summed E-state index contributed by atoms with van der Waals surface area (Å²) in [6.07, 6.45) is 1.42. The Hall–Kier alpha value is -3.02. The molecule has 0 atom stereocenters. The van der Waals surface area contributed by atoms with Crippen molar-refractivity contribution in [3.05, 3.63) is 64.7 Å². The Morgan fingerprint density at radius 2 is 1.90 bits per heavy atom. The van der Waals surface area contributed by atoms with Crippen molar-refractivity contribution in [1.29, 1.82) is 0 Å². The standard InChI is InChI=1S/C15H14N4O2/c20-13-6-5-12(17-9-13)8-16-11-3-1-10(2-4-11)14-7-15(21)19-18-14/h1-7,9,16,20H,8H2,(H2,18,19,21). The summed E-state index contributed by atoms with van der Waals surface area (Å²) >= 11 is 0. The van der Waals surface area contributed by atoms with E-state index in [-0.39, 0.29) is 11.3 Å². The fraction of sp³-hybridized carbons (Fsp3) is 0.0667. The Morgan fingerprint density at radius 3 is 2.52 bits per heavy atom. The molecule has 3 rings (SSSR count). The molecule has 0 bridgehead atoms. The average molecular weight is 282 g/mol. The molecule has 1 aromatic carbocycles. The van der Waals surface area contributed by atoms with Crippen LogP contribution in [-0.2, 0) is 6.54 Å². The van der Waals surface area contributed by atoms with E-state index in [0.29, 0.717) is 6.54 Å². The van der Waals surface area contributed by atoms with E-state index in [0.717, 1.165) is 22.6 Å². The van der Waals surface area contributed by atoms with Crippen LogP contribution in [0.5, 0.6) is 5.75 Å². The number of hydrogen-bond donors (Lipinski definition) is 4. The Bertz CT molecular complexity index is 772. The topological polar surface area (TPSA) is 93.8 Å². The van der Waals surface area contributed by atoms with Gasteiger partial charge in [-0.3, -0.25) is 20.0 Å². The highest BCUT2D eigenvalue weighted by molar-refractivity contribution is 5.62. The van der Waals surface area contributed by atoms with Crippen LogP contribution >= 0.6 is 0 Å². The number of aromatic amines is 2. The summed E-state index contributed by atoms with van der Waals surface area (Å²) in [5.41, 5.74) is 3.33. The van der Waals surface area contributed by atoms with E-state index < -0.39 is 0 Å². The summed E-state index contributed by atoms with van der Waals surface area (Å²) in [5.74, 6) is 0.156. The minimum absolute atomic E-state index is 0.148. The van der Waals surface area contributed by atoms with Crippen LogP contribution in [0.15, 0.2) is 53.5 Å². The van der Waals surface area contributed by atoms with Gasteiger partial charge in [-0.15, -0.1) is 0 Å². The van der Waals surface area contributed by atoms with Crippen LogP contribution in [0.1, 0.15) is 5.69 Å². The Labute approximate surface area is 120 Å². The van der Waals surface area contributed by atoms with E-state index in [1.165, 1.54) is 12.3 Å². The van der Waals surface area contributed by atoms with Gasteiger partial charge in [-0.05, 0) is 29.8 Å². The lowest BCUT2D eigenvalue weighted by atomic mass is 10.1. The maximum absolute atomic E-state index is 11.1. The van der Waals surface area contributed by atoms with Gasteiger partial charge < -0.3 is 10.4 Å². The highest BCUT2D eigenvalue weighted by Crippen LogP contribution is 2.18. The number of nitrogens with zero attached hydrogens (tertiary/aromatic N) is 1. The zero-order chi connectivity index (χ0) is 14.7. The van der Waals surface area contributed by atoms with Gasteiger partial charge in [-0.1, -0.05) is 12.1 Å². The van der Waals surface area contributed by atoms with E-state index in [1.807, 2.05) is 24.3 Å². The number of benzene rings is 1. The first-order valence-electron chi connectivity index (χ1n) is 6.46. The minimum Gasteiger partial charge on any atom is -0.506 e. The maximum Gasteiger partial charge on any atom is 0.264 e. The second kappa shape index (κ2) is 5.54. The summed E-state index contributed by atoms with van der Waals surface area (Å²) < 4.78 is 0. The number of aromatic nitrogens is 3. The quantitative estimate of drug-likeness (QED) is 0.589. The molecular weight excluding hydrogens is 268 g/mol. The molecule has 0 radical (unpaired) electrons. The van der Waals surface area contributed by atoms with Gasteiger partial charge >= 0.3 is 0 Å². The normalized spacial score (nSPS) is 10.5. The molecule has 0 spiro atoms. The Morgan fingerprint density at radius 1 is 1.10 bits per heavy atom. The number of anilines is 1. The lowest BCUT2D eigenvalue weighted by Crippen LogP contribution is -2.00. The number of H-pyrrole nitrogens is 2. The predicted molar refractivity (Wildman–Crippen MR) is 80.1 cm³/mol. The number of nitrogens with one attached hydrogen (secondary N) is 3. The van der Waals surface area contributed by atoms with Crippen LogP contribution in [0.3, 0.4) is 0 Å². The third-order valence-corrected chi connectivity index (χ3v) is 3.07. The van der Waals surface area contributed by atoms with Crippen LogP contribution in [0.4, 0.5) is 5.69 Å². The summed E-state index contributed by atoms with van der Waals surface area (Å²) in [5, 5.41) is 17.7. The second-order valence-corrected chi connectivity index (χ2v) is 4.61. The van der Waals surface area contributed by atoms with Crippen molar-refractivity contribution in [1.82, 2.24) is 15.2 Å². The monoisotopic (exact) mass is 282 g/mol. The molecule has 0 unspecified atom stereocenters. The summed E-state index contributed by atoms with van der Waals surface area (Å²) in [4.78, 5) is 15.2. The molecule has 0 fully saturated rings. The molecule has 0 aliphatic carbocycles. The molecule has 0 aliphatic heterocycles. The molecule has 0 amide bonds. The molecule has 4 N–H and O–H groups in total. The van der Waals surface area contributed by atoms with Crippen molar-refractivity contribution in [3.63, 3.8) is 0 Å². The van der Waals surface area contributed by atoms with E-state index >= 15 is 0 Å². The number of aromatic hydroxyl groups is 1. The highest BCUT2D eigenvalue weighted by atomic mass is 16.3. The van der Waals surface area contributed by atoms with Gasteiger partial charge in [0.25, 0.3) is 5.56 Å². The van der Waals surface area contributed by atoms with Crippen LogP contribution in [0.2, 0.25) is 0 Å². The summed E-state index contributed by atoms with van der Waals surface area (Å²) in [6, 6.07) is 12.6. The number of rotatable bonds is 4. The van der Waals surface area contributed by atoms with Crippen LogP contribution in [0.25, 0.3) is 11.3 Å². The van der Waals surface area contributed by atoms with Gasteiger partial charge in [0.2, 0.25) is 0 Å². The maximum atomic E-state index is 11.1. The van der Waals surface area contributed by atoms with E-state index in [4.69, 9.17) is 0 Å². The Kier molecular flexibility index (Phi) is 3.42. The lowest BCUT2D eigenvalue weighted by molar-refractivity contribution is 0.472. The molecule has 3 aromatic rings. The first-order chi connectivity index (χ1) is 10.2. The molecule has 0 saturated carbocycles. The molecule has 6 nitrogen and oxygen atoms in total. The SMILES string of the molecule is O=c1cc(-c2ccc(NCc3ccc(O)cn3)cc2)[nH][nH]1. The smallest absolute Gasteiger partial charge is 0.264 e. The molecule has 2 heterocycles. The first kappa shape index (κ1) is 13.0. The van der Waals surface area contributed by atoms with Crippen LogP contribution in [-0.4, -0.2) is 20.3 Å². The van der Waals surface area contributed by atoms with Crippen molar-refractivity contribution < 1.29 is 5.11 Å². The zero-order valence-electron chi connectivity index (χ0n) is 11.1. The Balaban J connectivity index is 1.67. The molecule has 21 heavy (non-hydrogen) atoms. The molecule has 0 saturated heterocycles. The van der Waals surface area contributed by atoms with Gasteiger partial charge in [0.1, 0.15) is 5.75 Å². The van der Waals surface area contributed by atoms with Crippen LogP contribution in [0, 0.1) is 0 Å². The molecule has 6 heteroatoms. The fourth-order valence-electron chi connectivity index (χ4n) is 1.97. The van der Waals surface area contributed by atoms with Crippen molar-refractivity contribution in [2.75, 3.05) is 5.32 Å². The van der Waals surface area contributed by atoms with E-state index in [9.17, 15) is 9.90 Å². The van der Waals surface area contributed by atoms with Crippen molar-refractivity contribution in [3.8, 4) is 17.0 Å². The van der Waals surface area contributed by atoms with E-state index in [2.05, 4.69) is 20.5 Å². The summed E-state index contributed by atoms with van der Waals surface area (Å²) in [7, 11) is 0. The third kappa shape index (κ3) is 3.11. The summed E-state index contributed by atoms with van der Waals surface area (Å²) in [6.45, 7) is 0.570. The predicted octanol–water partition coefficient (Wildman–Crippen LogP) is 2.08. The second-order valence-electron chi connectivity index (χ2n) is 4.61. The van der Waals surface area contributed by atoms with Crippen molar-refractivity contribution in [2.24, 2.45) is 0 Å². The number of pyridine rings is 1.